The molecule has 1 aromatic heterocycles. The molecule has 0 aliphatic heterocycles. The van der Waals surface area contributed by atoms with Crippen molar-refractivity contribution >= 4 is 15.8 Å². The van der Waals surface area contributed by atoms with Crippen LogP contribution in [-0.4, -0.2) is 18.5 Å². The van der Waals surface area contributed by atoms with E-state index in [0.717, 1.165) is 0 Å². The van der Waals surface area contributed by atoms with Crippen LogP contribution in [-0.2, 0) is 10.0 Å². The molecule has 0 aromatic carbocycles. The van der Waals surface area contributed by atoms with E-state index in [1.54, 1.807) is 0 Å². The molecule has 15 heavy (non-hydrogen) atoms. The van der Waals surface area contributed by atoms with Gasteiger partial charge in [0.25, 0.3) is 16.4 Å². The van der Waals surface area contributed by atoms with Crippen molar-refractivity contribution in [3.05, 3.63) is 11.6 Å². The summed E-state index contributed by atoms with van der Waals surface area (Å²) in [5.41, 5.74) is 4.12. The third kappa shape index (κ3) is 2.30. The van der Waals surface area contributed by atoms with Gasteiger partial charge in [-0.2, -0.15) is 0 Å². The van der Waals surface area contributed by atoms with Gasteiger partial charge in [-0.05, 0) is 6.07 Å². The van der Waals surface area contributed by atoms with Gasteiger partial charge in [0.05, 0.1) is 5.56 Å². The number of nitrogen functional groups attached to an aromatic ring is 1. The van der Waals surface area contributed by atoms with Gasteiger partial charge in [0.15, 0.2) is 16.6 Å². The summed E-state index contributed by atoms with van der Waals surface area (Å²) in [4.78, 5) is 3.17. The van der Waals surface area contributed by atoms with E-state index in [4.69, 9.17) is 10.8 Å². The fourth-order valence-corrected chi connectivity index (χ4v) is 1.38. The van der Waals surface area contributed by atoms with Crippen LogP contribution in [0.25, 0.3) is 0 Å². The lowest BCUT2D eigenvalue weighted by atomic mass is 10.2. The number of sulfonamides is 1. The second kappa shape index (κ2) is 3.59. The molecular formula is C6H7F2N3O3S. The number of nitrogens with two attached hydrogens (primary N) is 2. The molecule has 84 valence electrons. The average molecular weight is 239 g/mol. The quantitative estimate of drug-likeness (QED) is 0.668. The van der Waals surface area contributed by atoms with Crippen LogP contribution in [0.1, 0.15) is 12.0 Å². The minimum Gasteiger partial charge on any atom is -0.504 e. The number of halogens is 2. The van der Waals surface area contributed by atoms with Crippen LogP contribution in [0.5, 0.6) is 5.75 Å². The number of rotatable bonds is 2. The highest BCUT2D eigenvalue weighted by Gasteiger charge is 2.21. The first-order valence-electron chi connectivity index (χ1n) is 3.54. The predicted octanol–water partition coefficient (Wildman–Crippen LogP) is -0.0456. The minimum absolute atomic E-state index is 0.478. The zero-order valence-corrected chi connectivity index (χ0v) is 8.00. The first-order valence-corrected chi connectivity index (χ1v) is 5.08. The minimum atomic E-state index is -4.23. The van der Waals surface area contributed by atoms with E-state index in [1.807, 2.05) is 0 Å². The lowest BCUT2D eigenvalue weighted by Gasteiger charge is -2.07. The van der Waals surface area contributed by atoms with Crippen molar-refractivity contribution in [3.8, 4) is 5.75 Å². The lowest BCUT2D eigenvalue weighted by molar-refractivity contribution is 0.147. The number of aromatic nitrogens is 1. The first kappa shape index (κ1) is 11.6. The van der Waals surface area contributed by atoms with E-state index >= 15 is 0 Å². The van der Waals surface area contributed by atoms with Gasteiger partial charge in [0.1, 0.15) is 0 Å². The number of aromatic hydroxyl groups is 1. The van der Waals surface area contributed by atoms with Crippen LogP contribution in [0, 0.1) is 0 Å². The molecule has 9 heteroatoms. The molecule has 0 radical (unpaired) electrons. The van der Waals surface area contributed by atoms with Gasteiger partial charge in [-0.25, -0.2) is 27.3 Å². The molecule has 0 aliphatic carbocycles. The normalized spacial score (nSPS) is 12.0. The van der Waals surface area contributed by atoms with Gasteiger partial charge in [0, 0.05) is 0 Å². The molecule has 0 saturated carbocycles. The number of hydrogen-bond acceptors (Lipinski definition) is 5. The van der Waals surface area contributed by atoms with E-state index in [2.05, 4.69) is 10.1 Å². The number of nitrogens with zero attached hydrogens (tertiary/aromatic N) is 1. The van der Waals surface area contributed by atoms with Crippen molar-refractivity contribution < 1.29 is 22.3 Å². The summed E-state index contributed by atoms with van der Waals surface area (Å²) < 4.78 is 46.2. The van der Waals surface area contributed by atoms with E-state index in [0.29, 0.717) is 6.07 Å². The van der Waals surface area contributed by atoms with Gasteiger partial charge >= 0.3 is 0 Å². The summed E-state index contributed by atoms with van der Waals surface area (Å²) in [5.74, 6) is -1.66. The highest BCUT2D eigenvalue weighted by Crippen LogP contribution is 2.32. The molecule has 5 N–H and O–H groups in total. The van der Waals surface area contributed by atoms with Crippen LogP contribution >= 0.6 is 0 Å². The summed E-state index contributed by atoms with van der Waals surface area (Å²) in [6.45, 7) is 0. The maximum absolute atomic E-state index is 12.3. The summed E-state index contributed by atoms with van der Waals surface area (Å²) in [5, 5.41) is 12.9. The summed E-state index contributed by atoms with van der Waals surface area (Å²) in [6, 6.07) is 0.478. The van der Waals surface area contributed by atoms with Gasteiger partial charge in [-0.3, -0.25) is 0 Å². The molecule has 0 unspecified atom stereocenters. The molecule has 1 rings (SSSR count). The Bertz CT molecular complexity index is 489. The number of primary sulfonamides is 1. The molecule has 0 atom stereocenters. The monoisotopic (exact) mass is 239 g/mol. The molecule has 1 aromatic rings. The Morgan fingerprint density at radius 2 is 2.00 bits per heavy atom. The topological polar surface area (TPSA) is 119 Å². The van der Waals surface area contributed by atoms with Crippen LogP contribution in [0.15, 0.2) is 11.1 Å². The number of alkyl halides is 2. The fourth-order valence-electron chi connectivity index (χ4n) is 0.865. The Hall–Kier alpha value is -1.48. The van der Waals surface area contributed by atoms with Crippen molar-refractivity contribution in [2.45, 2.75) is 11.5 Å². The standard InChI is InChI=1S/C6H7F2N3O3S/c7-5(8)2-1-3(15(10,13)14)11-6(9)4(2)12/h1,5,12H,(H2,9,11)(H2,10,13,14). The van der Waals surface area contributed by atoms with Crippen molar-refractivity contribution in [2.75, 3.05) is 5.73 Å². The maximum Gasteiger partial charge on any atom is 0.267 e. The number of anilines is 1. The van der Waals surface area contributed by atoms with Gasteiger partial charge in [-0.15, -0.1) is 0 Å². The van der Waals surface area contributed by atoms with Crippen molar-refractivity contribution in [2.24, 2.45) is 5.14 Å². The summed E-state index contributed by atoms with van der Waals surface area (Å²) in [6.07, 6.45) is -3.07. The van der Waals surface area contributed by atoms with Crippen LogP contribution in [0.2, 0.25) is 0 Å². The molecular weight excluding hydrogens is 232 g/mol. The molecule has 6 nitrogen and oxygen atoms in total. The van der Waals surface area contributed by atoms with Crippen LogP contribution in [0.4, 0.5) is 14.6 Å². The number of hydrogen-bond donors (Lipinski definition) is 3. The Kier molecular flexibility index (Phi) is 2.77. The maximum atomic E-state index is 12.3. The molecule has 0 amide bonds. The Labute approximate surface area is 83.6 Å². The first-order chi connectivity index (χ1) is 6.73. The molecule has 0 spiro atoms. The zero-order valence-electron chi connectivity index (χ0n) is 7.18. The highest BCUT2D eigenvalue weighted by molar-refractivity contribution is 7.89. The van der Waals surface area contributed by atoms with E-state index in [1.165, 1.54) is 0 Å². The van der Waals surface area contributed by atoms with E-state index in [9.17, 15) is 17.2 Å². The molecule has 0 saturated heterocycles. The summed E-state index contributed by atoms with van der Waals surface area (Å²) in [7, 11) is -4.23. The summed E-state index contributed by atoms with van der Waals surface area (Å²) >= 11 is 0. The van der Waals surface area contributed by atoms with Crippen LogP contribution < -0.4 is 10.9 Å². The highest BCUT2D eigenvalue weighted by atomic mass is 32.2. The second-order valence-corrected chi connectivity index (χ2v) is 4.14. The van der Waals surface area contributed by atoms with E-state index in [-0.39, 0.29) is 0 Å². The smallest absolute Gasteiger partial charge is 0.267 e. The predicted molar refractivity (Wildman–Crippen MR) is 46.6 cm³/mol. The van der Waals surface area contributed by atoms with Gasteiger partial charge in [-0.1, -0.05) is 0 Å². The molecule has 0 bridgehead atoms. The lowest BCUT2D eigenvalue weighted by Crippen LogP contribution is -2.15. The van der Waals surface area contributed by atoms with Gasteiger partial charge < -0.3 is 10.8 Å². The third-order valence-electron chi connectivity index (χ3n) is 1.55. The third-order valence-corrected chi connectivity index (χ3v) is 2.34. The largest absolute Gasteiger partial charge is 0.504 e. The van der Waals surface area contributed by atoms with Gasteiger partial charge in [0.2, 0.25) is 0 Å². The SMILES string of the molecule is Nc1nc(S(N)(=O)=O)cc(C(F)F)c1O. The van der Waals surface area contributed by atoms with Crippen LogP contribution in [0.3, 0.4) is 0 Å². The Morgan fingerprint density at radius 1 is 1.47 bits per heavy atom. The van der Waals surface area contributed by atoms with Crippen molar-refractivity contribution in [1.82, 2.24) is 4.98 Å². The van der Waals surface area contributed by atoms with Crippen molar-refractivity contribution in [1.29, 1.82) is 0 Å². The zero-order chi connectivity index (χ0) is 11.8. The fraction of sp³-hybridized carbons (Fsp3) is 0.167. The number of pyridine rings is 1. The Morgan fingerprint density at radius 3 is 2.40 bits per heavy atom. The molecule has 1 heterocycles. The molecule has 0 fully saturated rings. The second-order valence-electron chi connectivity index (χ2n) is 2.63. The average Bonchev–Trinajstić information content (AvgIpc) is 2.06. The molecule has 0 aliphatic rings. The van der Waals surface area contributed by atoms with Crippen molar-refractivity contribution in [3.63, 3.8) is 0 Å². The Balaban J connectivity index is 3.50. The van der Waals surface area contributed by atoms with E-state index < -0.39 is 38.6 Å².